The van der Waals surface area contributed by atoms with Crippen LogP contribution in [0, 0.1) is 11.2 Å². The van der Waals surface area contributed by atoms with Gasteiger partial charge in [-0.1, -0.05) is 63.2 Å². The summed E-state index contributed by atoms with van der Waals surface area (Å²) in [5.74, 6) is -0.208. The van der Waals surface area contributed by atoms with Crippen molar-refractivity contribution in [2.45, 2.75) is 46.1 Å². The van der Waals surface area contributed by atoms with Crippen molar-refractivity contribution in [3.8, 4) is 11.3 Å². The lowest BCUT2D eigenvalue weighted by Gasteiger charge is -2.40. The van der Waals surface area contributed by atoms with E-state index < -0.39 is 17.6 Å². The third-order valence-corrected chi connectivity index (χ3v) is 6.16. The summed E-state index contributed by atoms with van der Waals surface area (Å²) in [5, 5.41) is 11.0. The molecule has 1 amide bonds. The maximum absolute atomic E-state index is 14.8. The number of alkyl halides is 1. The molecule has 2 atom stereocenters. The van der Waals surface area contributed by atoms with E-state index in [1.807, 2.05) is 61.9 Å². The van der Waals surface area contributed by atoms with Gasteiger partial charge in [0.1, 0.15) is 30.7 Å². The summed E-state index contributed by atoms with van der Waals surface area (Å²) in [6.07, 6.45) is 1.73. The molecule has 200 valence electrons. The molecule has 0 saturated heterocycles. The summed E-state index contributed by atoms with van der Waals surface area (Å²) in [6, 6.07) is 15.3. The Morgan fingerprint density at radius 3 is 2.53 bits per heavy atom. The summed E-state index contributed by atoms with van der Waals surface area (Å²) in [4.78, 5) is 20.0. The fourth-order valence-electron chi connectivity index (χ4n) is 4.46. The van der Waals surface area contributed by atoms with Crippen LogP contribution in [0.25, 0.3) is 11.3 Å². The molecule has 0 aliphatic carbocycles. The minimum Gasteiger partial charge on any atom is -0.328 e. The van der Waals surface area contributed by atoms with Gasteiger partial charge in [0.2, 0.25) is 5.91 Å². The van der Waals surface area contributed by atoms with Gasteiger partial charge in [-0.2, -0.15) is 0 Å². The number of halogens is 2. The van der Waals surface area contributed by atoms with Crippen LogP contribution in [0.2, 0.25) is 0 Å². The summed E-state index contributed by atoms with van der Waals surface area (Å²) < 4.78 is 32.1. The van der Waals surface area contributed by atoms with Gasteiger partial charge in [0, 0.05) is 24.8 Å². The Bertz CT molecular complexity index is 1330. The number of aromatic nitrogens is 6. The average molecular weight is 523 g/mol. The van der Waals surface area contributed by atoms with Gasteiger partial charge in [0.15, 0.2) is 0 Å². The first-order chi connectivity index (χ1) is 18.2. The number of hydrogen-bond acceptors (Lipinski definition) is 6. The topological polar surface area (TPSA) is 108 Å². The highest BCUT2D eigenvalue weighted by Gasteiger charge is 2.39. The van der Waals surface area contributed by atoms with Gasteiger partial charge in [0.05, 0.1) is 18.3 Å². The van der Waals surface area contributed by atoms with E-state index in [2.05, 4.69) is 15.5 Å². The highest BCUT2D eigenvalue weighted by Crippen LogP contribution is 2.39. The molecule has 0 radical (unpaired) electrons. The average Bonchev–Trinajstić information content (AvgIpc) is 3.53. The van der Waals surface area contributed by atoms with Crippen molar-refractivity contribution in [1.82, 2.24) is 34.7 Å². The van der Waals surface area contributed by atoms with Crippen LogP contribution in [0.5, 0.6) is 0 Å². The number of imidazole rings is 1. The Morgan fingerprint density at radius 2 is 1.89 bits per heavy atom. The van der Waals surface area contributed by atoms with Crippen molar-refractivity contribution in [2.24, 2.45) is 11.1 Å². The Hall–Kier alpha value is -3.99. The minimum atomic E-state index is -1.45. The van der Waals surface area contributed by atoms with Crippen molar-refractivity contribution in [1.29, 1.82) is 0 Å². The van der Waals surface area contributed by atoms with E-state index >= 15 is 0 Å². The summed E-state index contributed by atoms with van der Waals surface area (Å²) >= 11 is 0. The Kier molecular flexibility index (Phi) is 8.26. The molecule has 2 heterocycles. The van der Waals surface area contributed by atoms with Crippen LogP contribution in [0.15, 0.2) is 67.1 Å². The second-order valence-electron chi connectivity index (χ2n) is 10.3. The highest BCUT2D eigenvalue weighted by molar-refractivity contribution is 5.76. The minimum absolute atomic E-state index is 0.174. The lowest BCUT2D eigenvalue weighted by atomic mass is 9.84. The van der Waals surface area contributed by atoms with Crippen LogP contribution in [0.1, 0.15) is 38.2 Å². The summed E-state index contributed by atoms with van der Waals surface area (Å²) in [7, 11) is 0. The number of nitrogens with zero attached hydrogens (tertiary/aromatic N) is 7. The Balaban J connectivity index is 1.84. The van der Waals surface area contributed by atoms with E-state index in [0.717, 1.165) is 5.56 Å². The standard InChI is InChI=1S/C27H32F2N8O/c1-27(2,3)25(37(15-22(29)13-30)24(38)17-36-18-31-33-34-36)26-32-23(20-10-7-11-21(28)12-20)16-35(26)14-19-8-5-4-6-9-19/h4-12,16,18,22,25H,13-15,17,30H2,1-3H3/t22-,25+/m1/s1. The van der Waals surface area contributed by atoms with Gasteiger partial charge in [0.25, 0.3) is 0 Å². The second kappa shape index (κ2) is 11.6. The molecule has 9 nitrogen and oxygen atoms in total. The Morgan fingerprint density at radius 1 is 1.13 bits per heavy atom. The van der Waals surface area contributed by atoms with Crippen LogP contribution in [-0.2, 0) is 17.9 Å². The number of hydrogen-bond donors (Lipinski definition) is 1. The molecule has 0 saturated carbocycles. The number of benzene rings is 2. The zero-order valence-electron chi connectivity index (χ0n) is 21.7. The number of carbonyl (C=O) groups is 1. The van der Waals surface area contributed by atoms with Crippen molar-refractivity contribution in [2.75, 3.05) is 13.1 Å². The monoisotopic (exact) mass is 522 g/mol. The maximum Gasteiger partial charge on any atom is 0.245 e. The molecule has 0 aliphatic heterocycles. The fraction of sp³-hybridized carbons (Fsp3) is 0.370. The third-order valence-electron chi connectivity index (χ3n) is 6.16. The van der Waals surface area contributed by atoms with Gasteiger partial charge in [-0.25, -0.2) is 18.4 Å². The highest BCUT2D eigenvalue weighted by atomic mass is 19.1. The van der Waals surface area contributed by atoms with Gasteiger partial charge in [-0.3, -0.25) is 4.79 Å². The zero-order chi connectivity index (χ0) is 27.3. The van der Waals surface area contributed by atoms with Crippen LogP contribution >= 0.6 is 0 Å². The molecule has 11 heteroatoms. The molecule has 0 aliphatic rings. The van der Waals surface area contributed by atoms with E-state index in [-0.39, 0.29) is 31.4 Å². The largest absolute Gasteiger partial charge is 0.328 e. The predicted octanol–water partition coefficient (Wildman–Crippen LogP) is 3.64. The fourth-order valence-corrected chi connectivity index (χ4v) is 4.46. The number of rotatable bonds is 10. The third kappa shape index (κ3) is 6.46. The number of amides is 1. The van der Waals surface area contributed by atoms with Gasteiger partial charge >= 0.3 is 0 Å². The van der Waals surface area contributed by atoms with E-state index in [1.54, 1.807) is 12.1 Å². The summed E-state index contributed by atoms with van der Waals surface area (Å²) in [5.41, 5.74) is 7.22. The number of nitrogens with two attached hydrogens (primary N) is 1. The number of tetrazole rings is 1. The second-order valence-corrected chi connectivity index (χ2v) is 10.3. The first kappa shape index (κ1) is 27.1. The van der Waals surface area contributed by atoms with E-state index in [9.17, 15) is 13.6 Å². The molecular weight excluding hydrogens is 490 g/mol. The lowest BCUT2D eigenvalue weighted by Crippen LogP contribution is -2.47. The molecule has 2 N–H and O–H groups in total. The van der Waals surface area contributed by atoms with Crippen LogP contribution in [0.3, 0.4) is 0 Å². The van der Waals surface area contributed by atoms with Crippen molar-refractivity contribution in [3.05, 3.63) is 84.3 Å². The molecule has 38 heavy (non-hydrogen) atoms. The van der Waals surface area contributed by atoms with Crippen molar-refractivity contribution in [3.63, 3.8) is 0 Å². The smallest absolute Gasteiger partial charge is 0.245 e. The summed E-state index contributed by atoms with van der Waals surface area (Å²) in [6.45, 7) is 5.71. The first-order valence-corrected chi connectivity index (χ1v) is 12.4. The SMILES string of the molecule is CC(C)(C)[C@H](c1nc(-c2cccc(F)c2)cn1Cc1ccccc1)N(C[C@H](F)CN)C(=O)Cn1cnnn1. The molecule has 0 spiro atoms. The molecular formula is C27H32F2N8O. The molecule has 2 aromatic heterocycles. The van der Waals surface area contributed by atoms with Crippen LogP contribution in [0.4, 0.5) is 8.78 Å². The molecule has 0 fully saturated rings. The molecule has 0 unspecified atom stereocenters. The Labute approximate surface area is 220 Å². The normalized spacial score (nSPS) is 13.3. The van der Waals surface area contributed by atoms with E-state index in [4.69, 9.17) is 10.7 Å². The van der Waals surface area contributed by atoms with Gasteiger partial charge in [-0.05, 0) is 33.5 Å². The van der Waals surface area contributed by atoms with Crippen LogP contribution in [-0.4, -0.2) is 59.8 Å². The lowest BCUT2D eigenvalue weighted by molar-refractivity contribution is -0.138. The van der Waals surface area contributed by atoms with Crippen molar-refractivity contribution < 1.29 is 13.6 Å². The zero-order valence-corrected chi connectivity index (χ0v) is 21.7. The van der Waals surface area contributed by atoms with Gasteiger partial charge in [-0.15, -0.1) is 5.10 Å². The van der Waals surface area contributed by atoms with Crippen LogP contribution < -0.4 is 5.73 Å². The molecule has 2 aromatic carbocycles. The van der Waals surface area contributed by atoms with E-state index in [0.29, 0.717) is 23.6 Å². The van der Waals surface area contributed by atoms with E-state index in [1.165, 1.54) is 28.0 Å². The van der Waals surface area contributed by atoms with Gasteiger partial charge < -0.3 is 15.2 Å². The molecule has 0 bridgehead atoms. The molecule has 4 aromatic rings. The quantitative estimate of drug-likeness (QED) is 0.341. The molecule has 4 rings (SSSR count). The number of carbonyl (C=O) groups excluding carboxylic acids is 1. The maximum atomic E-state index is 14.8. The van der Waals surface area contributed by atoms with Crippen molar-refractivity contribution >= 4 is 5.91 Å². The first-order valence-electron chi connectivity index (χ1n) is 12.4. The predicted molar refractivity (Wildman–Crippen MR) is 139 cm³/mol.